The highest BCUT2D eigenvalue weighted by Crippen LogP contribution is 2.13. The third-order valence-electron chi connectivity index (χ3n) is 3.35. The number of hydrogen-bond acceptors (Lipinski definition) is 4. The lowest BCUT2D eigenvalue weighted by Crippen LogP contribution is -2.36. The normalized spacial score (nSPS) is 11.3. The van der Waals surface area contributed by atoms with Gasteiger partial charge in [0, 0.05) is 38.6 Å². The Morgan fingerprint density at radius 1 is 1.12 bits per heavy atom. The van der Waals surface area contributed by atoms with E-state index >= 15 is 0 Å². The minimum absolute atomic E-state index is 0.661. The molecule has 2 aromatic rings. The van der Waals surface area contributed by atoms with Crippen LogP contribution < -0.4 is 15.4 Å². The fourth-order valence-electron chi connectivity index (χ4n) is 2.13. The van der Waals surface area contributed by atoms with Gasteiger partial charge >= 0.3 is 0 Å². The third-order valence-corrected chi connectivity index (χ3v) is 4.23. The van der Waals surface area contributed by atoms with Crippen LogP contribution in [0.25, 0.3) is 0 Å². The summed E-state index contributed by atoms with van der Waals surface area (Å²) in [5.41, 5.74) is 1.15. The molecule has 130 valence electrons. The van der Waals surface area contributed by atoms with Gasteiger partial charge < -0.3 is 20.1 Å². The monoisotopic (exact) mass is 347 g/mol. The van der Waals surface area contributed by atoms with E-state index in [9.17, 15) is 0 Å². The fraction of sp³-hybridized carbons (Fsp3) is 0.389. The molecular formula is C18H25N3O2S. The summed E-state index contributed by atoms with van der Waals surface area (Å²) in [5.74, 6) is 1.67. The molecule has 0 aliphatic carbocycles. The molecule has 5 nitrogen and oxygen atoms in total. The first-order chi connectivity index (χ1) is 11.8. The van der Waals surface area contributed by atoms with E-state index in [1.54, 1.807) is 25.5 Å². The van der Waals surface area contributed by atoms with Crippen molar-refractivity contribution in [1.82, 2.24) is 10.6 Å². The van der Waals surface area contributed by atoms with Crippen LogP contribution in [-0.2, 0) is 17.8 Å². The minimum atomic E-state index is 0.661. The highest BCUT2D eigenvalue weighted by atomic mass is 32.1. The van der Waals surface area contributed by atoms with E-state index in [-0.39, 0.29) is 0 Å². The van der Waals surface area contributed by atoms with E-state index in [2.05, 4.69) is 39.2 Å². The van der Waals surface area contributed by atoms with E-state index in [0.29, 0.717) is 19.8 Å². The number of thiophene rings is 1. The van der Waals surface area contributed by atoms with E-state index in [1.807, 2.05) is 18.2 Å². The van der Waals surface area contributed by atoms with Gasteiger partial charge in [-0.3, -0.25) is 4.99 Å². The van der Waals surface area contributed by atoms with Crippen LogP contribution in [0.2, 0.25) is 0 Å². The second-order valence-corrected chi connectivity index (χ2v) is 6.23. The molecule has 24 heavy (non-hydrogen) atoms. The van der Waals surface area contributed by atoms with Gasteiger partial charge in [0.05, 0.1) is 13.2 Å². The molecule has 0 aliphatic heterocycles. The van der Waals surface area contributed by atoms with Gasteiger partial charge in [0.25, 0.3) is 0 Å². The molecule has 0 amide bonds. The van der Waals surface area contributed by atoms with Gasteiger partial charge in [0.2, 0.25) is 0 Å². The number of benzene rings is 1. The van der Waals surface area contributed by atoms with Crippen molar-refractivity contribution in [1.29, 1.82) is 0 Å². The molecule has 2 rings (SSSR count). The molecule has 0 aliphatic rings. The van der Waals surface area contributed by atoms with Gasteiger partial charge in [-0.25, -0.2) is 0 Å². The van der Waals surface area contributed by atoms with Crippen LogP contribution in [0, 0.1) is 0 Å². The third kappa shape index (κ3) is 6.60. The smallest absolute Gasteiger partial charge is 0.191 e. The number of methoxy groups -OCH3 is 1. The summed E-state index contributed by atoms with van der Waals surface area (Å²) in [6.07, 6.45) is 0.887. The molecule has 6 heteroatoms. The summed E-state index contributed by atoms with van der Waals surface area (Å²) in [6, 6.07) is 12.3. The Labute approximate surface area is 147 Å². The van der Waals surface area contributed by atoms with Crippen LogP contribution in [0.1, 0.15) is 16.9 Å². The topological polar surface area (TPSA) is 54.9 Å². The van der Waals surface area contributed by atoms with Crippen LogP contribution in [0.15, 0.2) is 46.8 Å². The predicted octanol–water partition coefficient (Wildman–Crippen LogP) is 3.03. The molecule has 0 spiro atoms. The standard InChI is InChI=1S/C18H25N3O2S/c1-19-18(21-14-17-8-4-11-24-17)20-13-15-6-3-7-16(12-15)23-10-5-9-22-2/h3-4,6-8,11-12H,5,9-10,13-14H2,1-2H3,(H2,19,20,21). The van der Waals surface area contributed by atoms with Crippen molar-refractivity contribution in [2.75, 3.05) is 27.4 Å². The maximum Gasteiger partial charge on any atom is 0.191 e. The van der Waals surface area contributed by atoms with E-state index < -0.39 is 0 Å². The average Bonchev–Trinajstić information content (AvgIpc) is 3.13. The van der Waals surface area contributed by atoms with Gasteiger partial charge in [-0.15, -0.1) is 11.3 Å². The van der Waals surface area contributed by atoms with Gasteiger partial charge in [-0.1, -0.05) is 18.2 Å². The molecule has 0 bridgehead atoms. The number of rotatable bonds is 9. The van der Waals surface area contributed by atoms with Crippen LogP contribution in [0.4, 0.5) is 0 Å². The molecule has 0 saturated heterocycles. The molecule has 2 N–H and O–H groups in total. The first-order valence-corrected chi connectivity index (χ1v) is 8.87. The molecule has 1 aromatic carbocycles. The number of guanidine groups is 1. The summed E-state index contributed by atoms with van der Waals surface area (Å²) in [5, 5.41) is 8.70. The molecule has 0 atom stereocenters. The minimum Gasteiger partial charge on any atom is -0.493 e. The number of nitrogens with one attached hydrogen (secondary N) is 2. The van der Waals surface area contributed by atoms with Crippen LogP contribution in [0.5, 0.6) is 5.75 Å². The molecule has 1 aromatic heterocycles. The Hall–Kier alpha value is -2.05. The molecule has 0 unspecified atom stereocenters. The zero-order valence-corrected chi connectivity index (χ0v) is 15.1. The second kappa shape index (κ2) is 10.7. The van der Waals surface area contributed by atoms with Crippen molar-refractivity contribution in [3.05, 3.63) is 52.2 Å². The lowest BCUT2D eigenvalue weighted by atomic mass is 10.2. The lowest BCUT2D eigenvalue weighted by molar-refractivity contribution is 0.172. The SMILES string of the molecule is CN=C(NCc1cccc(OCCCOC)c1)NCc1cccs1. The summed E-state index contributed by atoms with van der Waals surface area (Å²) in [7, 11) is 3.48. The Morgan fingerprint density at radius 2 is 2.00 bits per heavy atom. The van der Waals surface area contributed by atoms with E-state index in [4.69, 9.17) is 9.47 Å². The molecule has 0 saturated carbocycles. The summed E-state index contributed by atoms with van der Waals surface area (Å²) >= 11 is 1.73. The van der Waals surface area contributed by atoms with Crippen molar-refractivity contribution in [2.45, 2.75) is 19.5 Å². The van der Waals surface area contributed by atoms with E-state index in [0.717, 1.165) is 30.2 Å². The van der Waals surface area contributed by atoms with Gasteiger partial charge in [-0.2, -0.15) is 0 Å². The van der Waals surface area contributed by atoms with Crippen LogP contribution in [0.3, 0.4) is 0 Å². The Balaban J connectivity index is 1.77. The van der Waals surface area contributed by atoms with Crippen molar-refractivity contribution >= 4 is 17.3 Å². The Bertz CT molecular complexity index is 614. The zero-order valence-electron chi connectivity index (χ0n) is 14.2. The number of aliphatic imine (C=N–C) groups is 1. The van der Waals surface area contributed by atoms with Crippen molar-refractivity contribution in [2.24, 2.45) is 4.99 Å². The first-order valence-electron chi connectivity index (χ1n) is 7.99. The molecule has 0 fully saturated rings. The average molecular weight is 347 g/mol. The summed E-state index contributed by atoms with van der Waals surface area (Å²) in [6.45, 7) is 2.85. The summed E-state index contributed by atoms with van der Waals surface area (Å²) in [4.78, 5) is 5.53. The number of nitrogens with zero attached hydrogens (tertiary/aromatic N) is 1. The van der Waals surface area contributed by atoms with E-state index in [1.165, 1.54) is 4.88 Å². The zero-order chi connectivity index (χ0) is 17.0. The van der Waals surface area contributed by atoms with Crippen LogP contribution >= 0.6 is 11.3 Å². The molecule has 0 radical (unpaired) electrons. The highest BCUT2D eigenvalue weighted by molar-refractivity contribution is 7.09. The molecule has 1 heterocycles. The largest absolute Gasteiger partial charge is 0.493 e. The predicted molar refractivity (Wildman–Crippen MR) is 99.8 cm³/mol. The van der Waals surface area contributed by atoms with Crippen molar-refractivity contribution in [3.63, 3.8) is 0 Å². The van der Waals surface area contributed by atoms with Gasteiger partial charge in [0.1, 0.15) is 5.75 Å². The quantitative estimate of drug-likeness (QED) is 0.416. The van der Waals surface area contributed by atoms with Crippen LogP contribution in [-0.4, -0.2) is 33.3 Å². The maximum absolute atomic E-state index is 5.73. The highest BCUT2D eigenvalue weighted by Gasteiger charge is 2.01. The second-order valence-electron chi connectivity index (χ2n) is 5.20. The molecular weight excluding hydrogens is 322 g/mol. The van der Waals surface area contributed by atoms with Gasteiger partial charge in [-0.05, 0) is 29.1 Å². The number of hydrogen-bond donors (Lipinski definition) is 2. The van der Waals surface area contributed by atoms with Crippen molar-refractivity contribution in [3.8, 4) is 5.75 Å². The number of ether oxygens (including phenoxy) is 2. The maximum atomic E-state index is 5.73. The van der Waals surface area contributed by atoms with Gasteiger partial charge in [0.15, 0.2) is 5.96 Å². The summed E-state index contributed by atoms with van der Waals surface area (Å²) < 4.78 is 10.7. The van der Waals surface area contributed by atoms with Crippen molar-refractivity contribution < 1.29 is 9.47 Å². The first kappa shape index (κ1) is 18.3. The Kier molecular flexibility index (Phi) is 8.13. The fourth-order valence-corrected chi connectivity index (χ4v) is 2.77. The Morgan fingerprint density at radius 3 is 2.75 bits per heavy atom. The lowest BCUT2D eigenvalue weighted by Gasteiger charge is -2.12.